The molecule has 1 heterocycles. The van der Waals surface area contributed by atoms with Crippen LogP contribution in [0, 0.1) is 5.92 Å². The lowest BCUT2D eigenvalue weighted by atomic mass is 9.81. The number of hydrogen-bond donors (Lipinski definition) is 2. The van der Waals surface area contributed by atoms with Crippen molar-refractivity contribution in [1.82, 2.24) is 15.5 Å². The Morgan fingerprint density at radius 2 is 1.83 bits per heavy atom. The number of likely N-dealkylation sites (tertiary alicyclic amines) is 1. The molecule has 2 aromatic carbocycles. The minimum absolute atomic E-state index is 0.102. The lowest BCUT2D eigenvalue weighted by Gasteiger charge is -2.42. The lowest BCUT2D eigenvalue weighted by molar-refractivity contribution is -0.138. The Balaban J connectivity index is 1.54. The summed E-state index contributed by atoms with van der Waals surface area (Å²) in [7, 11) is -3.65. The summed E-state index contributed by atoms with van der Waals surface area (Å²) in [6, 6.07) is 10.8. The minimum atomic E-state index is -4.60. The second-order valence-electron chi connectivity index (χ2n) is 11.7. The fraction of sp³-hybridized carbons (Fsp3) is 0.533. The summed E-state index contributed by atoms with van der Waals surface area (Å²) in [5, 5.41) is 6.19. The highest BCUT2D eigenvalue weighted by atomic mass is 32.2. The average molecular weight is 626 g/mol. The van der Waals surface area contributed by atoms with E-state index in [2.05, 4.69) is 10.6 Å². The van der Waals surface area contributed by atoms with E-state index in [4.69, 9.17) is 0 Å². The van der Waals surface area contributed by atoms with Gasteiger partial charge in [0.05, 0.1) is 16.2 Å². The molecule has 2 N–H and O–H groups in total. The van der Waals surface area contributed by atoms with E-state index in [9.17, 15) is 31.2 Å². The van der Waals surface area contributed by atoms with Crippen LogP contribution in [0.1, 0.15) is 62.4 Å². The molecule has 4 rings (SSSR count). The molecule has 0 spiro atoms. The van der Waals surface area contributed by atoms with Crippen LogP contribution in [0.25, 0.3) is 0 Å². The molecule has 1 saturated heterocycles. The lowest BCUT2D eigenvalue weighted by Crippen LogP contribution is -2.56. The number of hydrogen-bond acceptors (Lipinski definition) is 6. The number of sulfone groups is 1. The van der Waals surface area contributed by atoms with Gasteiger partial charge in [0.15, 0.2) is 9.84 Å². The van der Waals surface area contributed by atoms with Gasteiger partial charge in [0, 0.05) is 35.1 Å². The second kappa shape index (κ2) is 12.6. The van der Waals surface area contributed by atoms with Gasteiger partial charge in [-0.3, -0.25) is 9.59 Å². The number of carbonyl (C=O) groups excluding carboxylic acids is 2. The number of halogens is 3. The zero-order valence-electron chi connectivity index (χ0n) is 24.2. The first-order valence-corrected chi connectivity index (χ1v) is 16.9. The normalized spacial score (nSPS) is 25.2. The molecular weight excluding hydrogens is 587 g/mol. The van der Waals surface area contributed by atoms with Crippen molar-refractivity contribution < 1.29 is 31.2 Å². The van der Waals surface area contributed by atoms with E-state index in [-0.39, 0.29) is 52.6 Å². The number of nitrogens with one attached hydrogen (secondary N) is 2. The van der Waals surface area contributed by atoms with Crippen molar-refractivity contribution in [2.75, 3.05) is 18.6 Å². The van der Waals surface area contributed by atoms with E-state index in [0.717, 1.165) is 29.5 Å². The molecule has 4 atom stereocenters. The summed E-state index contributed by atoms with van der Waals surface area (Å²) in [5.41, 5.74) is -2.46. The van der Waals surface area contributed by atoms with Crippen LogP contribution in [-0.4, -0.2) is 67.3 Å². The summed E-state index contributed by atoms with van der Waals surface area (Å²) in [6.45, 7) is 5.96. The smallest absolute Gasteiger partial charge is 0.338 e. The molecule has 1 aliphatic carbocycles. The van der Waals surface area contributed by atoms with Gasteiger partial charge < -0.3 is 15.5 Å². The van der Waals surface area contributed by atoms with Gasteiger partial charge >= 0.3 is 6.18 Å². The first-order valence-electron chi connectivity index (χ1n) is 14.1. The number of rotatable bonds is 9. The third-order valence-corrected chi connectivity index (χ3v) is 10.8. The molecule has 1 saturated carbocycles. The van der Waals surface area contributed by atoms with Gasteiger partial charge in [0.1, 0.15) is 5.54 Å². The van der Waals surface area contributed by atoms with Gasteiger partial charge in [-0.05, 0) is 87.2 Å². The van der Waals surface area contributed by atoms with Crippen LogP contribution in [0.15, 0.2) is 58.3 Å². The number of thioether (sulfide) groups is 1. The molecule has 1 aliphatic heterocycles. The summed E-state index contributed by atoms with van der Waals surface area (Å²) in [4.78, 5) is 29.6. The van der Waals surface area contributed by atoms with E-state index in [1.165, 1.54) is 17.8 Å². The Bertz CT molecular complexity index is 1400. The molecule has 0 radical (unpaired) electrons. The molecule has 0 bridgehead atoms. The number of alkyl halides is 3. The van der Waals surface area contributed by atoms with Crippen LogP contribution in [0.4, 0.5) is 13.2 Å². The van der Waals surface area contributed by atoms with Gasteiger partial charge in [0.25, 0.3) is 5.91 Å². The van der Waals surface area contributed by atoms with Gasteiger partial charge in [0.2, 0.25) is 5.91 Å². The van der Waals surface area contributed by atoms with Crippen molar-refractivity contribution in [2.45, 2.75) is 86.1 Å². The molecular formula is C30H38F3N3O4S2. The van der Waals surface area contributed by atoms with Crippen LogP contribution < -0.4 is 10.6 Å². The van der Waals surface area contributed by atoms with Gasteiger partial charge in [-0.2, -0.15) is 13.2 Å². The number of nitrogens with zero attached hydrogens (tertiary/aromatic N) is 1. The number of benzene rings is 2. The fourth-order valence-electron chi connectivity index (χ4n) is 6.08. The van der Waals surface area contributed by atoms with Crippen molar-refractivity contribution in [2.24, 2.45) is 5.92 Å². The Hall–Kier alpha value is -2.57. The zero-order chi connectivity index (χ0) is 30.9. The number of amides is 2. The summed E-state index contributed by atoms with van der Waals surface area (Å²) in [5.74, 6) is -1.58. The monoisotopic (exact) mass is 625 g/mol. The SMILES string of the molecule is CSc1ccc(S(=O)(=O)C[C@@H]2C[C@H](NC(C)C)CC[C@@H]2N2CC[C@](C)(NC(=O)c3cccc(C(F)(F)F)c3)C2=O)cc1. The highest BCUT2D eigenvalue weighted by Gasteiger charge is 2.49. The molecule has 7 nitrogen and oxygen atoms in total. The quantitative estimate of drug-likeness (QED) is 0.374. The van der Waals surface area contributed by atoms with E-state index < -0.39 is 33.0 Å². The largest absolute Gasteiger partial charge is 0.416 e. The third kappa shape index (κ3) is 7.31. The molecule has 230 valence electrons. The van der Waals surface area contributed by atoms with Crippen LogP contribution in [0.2, 0.25) is 0 Å². The van der Waals surface area contributed by atoms with Crippen molar-refractivity contribution in [1.29, 1.82) is 0 Å². The van der Waals surface area contributed by atoms with Crippen LogP contribution >= 0.6 is 11.8 Å². The van der Waals surface area contributed by atoms with Crippen molar-refractivity contribution >= 4 is 33.4 Å². The minimum Gasteiger partial charge on any atom is -0.338 e. The van der Waals surface area contributed by atoms with Crippen molar-refractivity contribution in [3.05, 3.63) is 59.7 Å². The van der Waals surface area contributed by atoms with Gasteiger partial charge in [-0.15, -0.1) is 11.8 Å². The molecule has 12 heteroatoms. The van der Waals surface area contributed by atoms with Crippen LogP contribution in [-0.2, 0) is 20.8 Å². The van der Waals surface area contributed by atoms with Crippen molar-refractivity contribution in [3.8, 4) is 0 Å². The van der Waals surface area contributed by atoms with E-state index in [0.29, 0.717) is 19.4 Å². The molecule has 2 aliphatic rings. The summed E-state index contributed by atoms with van der Waals surface area (Å²) in [6.07, 6.45) is -0.493. The van der Waals surface area contributed by atoms with Crippen molar-refractivity contribution in [3.63, 3.8) is 0 Å². The van der Waals surface area contributed by atoms with E-state index in [1.807, 2.05) is 20.1 Å². The predicted octanol–water partition coefficient (Wildman–Crippen LogP) is 5.16. The zero-order valence-corrected chi connectivity index (χ0v) is 25.8. The Kier molecular flexibility index (Phi) is 9.69. The topological polar surface area (TPSA) is 95.6 Å². The number of carbonyl (C=O) groups is 2. The van der Waals surface area contributed by atoms with E-state index >= 15 is 0 Å². The average Bonchev–Trinajstić information content (AvgIpc) is 3.21. The van der Waals surface area contributed by atoms with Gasteiger partial charge in [-0.25, -0.2) is 8.42 Å². The highest BCUT2D eigenvalue weighted by Crippen LogP contribution is 2.37. The molecule has 2 amide bonds. The molecule has 42 heavy (non-hydrogen) atoms. The maximum absolute atomic E-state index is 13.8. The molecule has 0 unspecified atom stereocenters. The second-order valence-corrected chi connectivity index (χ2v) is 14.6. The molecule has 2 fully saturated rings. The van der Waals surface area contributed by atoms with Gasteiger partial charge in [-0.1, -0.05) is 19.9 Å². The first kappa shape index (κ1) is 32.3. The summed E-state index contributed by atoms with van der Waals surface area (Å²) >= 11 is 1.52. The first-order chi connectivity index (χ1) is 19.6. The Labute approximate surface area is 249 Å². The third-order valence-electron chi connectivity index (χ3n) is 8.19. The van der Waals surface area contributed by atoms with E-state index in [1.54, 1.807) is 36.1 Å². The van der Waals surface area contributed by atoms with Crippen LogP contribution in [0.3, 0.4) is 0 Å². The summed E-state index contributed by atoms with van der Waals surface area (Å²) < 4.78 is 66.6. The molecule has 2 aromatic rings. The Morgan fingerprint density at radius 3 is 2.45 bits per heavy atom. The highest BCUT2D eigenvalue weighted by molar-refractivity contribution is 7.98. The molecule has 0 aromatic heterocycles. The standard InChI is InChI=1S/C30H38F3N3O4S2/c1-19(2)34-23-8-13-26(21(17-23)18-42(39,40)25-11-9-24(41-4)10-12-25)36-15-14-29(3,28(36)38)35-27(37)20-6-5-7-22(16-20)30(31,32)33/h5-7,9-12,16,19,21,23,26,34H,8,13-15,17-18H2,1-4H3,(H,35,37)/t21-,23+,26-,29-/m0/s1. The Morgan fingerprint density at radius 1 is 1.14 bits per heavy atom. The predicted molar refractivity (Wildman–Crippen MR) is 157 cm³/mol. The maximum atomic E-state index is 13.8. The maximum Gasteiger partial charge on any atom is 0.416 e. The fourth-order valence-corrected chi connectivity index (χ4v) is 8.16. The van der Waals surface area contributed by atoms with Crippen LogP contribution in [0.5, 0.6) is 0 Å².